The van der Waals surface area contributed by atoms with Crippen LogP contribution < -0.4 is 4.90 Å². The van der Waals surface area contributed by atoms with Gasteiger partial charge in [0.25, 0.3) is 0 Å². The zero-order chi connectivity index (χ0) is 16.8. The minimum Gasteiger partial charge on any atom is -0.308 e. The van der Waals surface area contributed by atoms with E-state index in [0.29, 0.717) is 19.9 Å². The van der Waals surface area contributed by atoms with Crippen molar-refractivity contribution >= 4 is 22.6 Å². The lowest BCUT2D eigenvalue weighted by Crippen LogP contribution is -2.58. The summed E-state index contributed by atoms with van der Waals surface area (Å²) in [4.78, 5) is 18.9. The predicted molar refractivity (Wildman–Crippen MR) is 96.9 cm³/mol. The second-order valence-electron chi connectivity index (χ2n) is 5.67. The molecule has 0 unspecified atom stereocenters. The molecule has 1 saturated heterocycles. The highest BCUT2D eigenvalue weighted by Gasteiger charge is 2.32. The van der Waals surface area contributed by atoms with Gasteiger partial charge in [0.15, 0.2) is 0 Å². The maximum absolute atomic E-state index is 12.9. The number of aromatic nitrogens is 1. The number of rotatable bonds is 7. The van der Waals surface area contributed by atoms with Crippen molar-refractivity contribution in [2.24, 2.45) is 0 Å². The minimum atomic E-state index is 0.0624. The molecule has 5 nitrogen and oxygen atoms in total. The van der Waals surface area contributed by atoms with Crippen molar-refractivity contribution in [2.75, 3.05) is 31.3 Å². The number of amides is 2. The van der Waals surface area contributed by atoms with Crippen LogP contribution in [-0.4, -0.2) is 46.6 Å². The van der Waals surface area contributed by atoms with Gasteiger partial charge in [-0.25, -0.2) is 4.79 Å². The fourth-order valence-corrected chi connectivity index (χ4v) is 3.60. The van der Waals surface area contributed by atoms with Crippen LogP contribution in [0.3, 0.4) is 0 Å². The fourth-order valence-electron chi connectivity index (χ4n) is 2.65. The van der Waals surface area contributed by atoms with Gasteiger partial charge in [-0.05, 0) is 38.2 Å². The van der Waals surface area contributed by atoms with E-state index in [2.05, 4.69) is 29.7 Å². The first-order valence-electron chi connectivity index (χ1n) is 8.08. The molecule has 2 amide bonds. The lowest BCUT2D eigenvalue weighted by molar-refractivity contribution is 0.124. The zero-order valence-electron chi connectivity index (χ0n) is 14.3. The third-order valence-corrected chi connectivity index (χ3v) is 5.01. The van der Waals surface area contributed by atoms with E-state index in [4.69, 9.17) is 0 Å². The Labute approximate surface area is 143 Å². The molecule has 1 aromatic heterocycles. The molecule has 126 valence electrons. The van der Waals surface area contributed by atoms with Gasteiger partial charge in [0, 0.05) is 18.7 Å². The van der Waals surface area contributed by atoms with Gasteiger partial charge in [-0.2, -0.15) is 4.37 Å². The van der Waals surface area contributed by atoms with Gasteiger partial charge in [0.2, 0.25) is 0 Å². The highest BCUT2D eigenvalue weighted by Crippen LogP contribution is 2.31. The van der Waals surface area contributed by atoms with E-state index >= 15 is 0 Å². The molecule has 1 aliphatic rings. The number of hydrogen-bond acceptors (Lipinski definition) is 4. The molecule has 1 aliphatic heterocycles. The Kier molecular flexibility index (Phi) is 6.36. The number of urea groups is 1. The molecule has 0 saturated carbocycles. The van der Waals surface area contributed by atoms with Gasteiger partial charge in [0.05, 0.1) is 19.0 Å². The summed E-state index contributed by atoms with van der Waals surface area (Å²) in [7, 11) is 0. The van der Waals surface area contributed by atoms with E-state index in [1.54, 1.807) is 0 Å². The van der Waals surface area contributed by atoms with Crippen LogP contribution in [0.4, 0.5) is 9.80 Å². The van der Waals surface area contributed by atoms with Crippen LogP contribution in [0.1, 0.15) is 31.5 Å². The Morgan fingerprint density at radius 1 is 1.39 bits per heavy atom. The molecule has 1 fully saturated rings. The van der Waals surface area contributed by atoms with Gasteiger partial charge in [-0.15, -0.1) is 6.58 Å². The van der Waals surface area contributed by atoms with Crippen molar-refractivity contribution in [1.29, 1.82) is 0 Å². The average molecular weight is 334 g/mol. The maximum atomic E-state index is 12.9. The van der Waals surface area contributed by atoms with Crippen molar-refractivity contribution in [3.63, 3.8) is 0 Å². The quantitative estimate of drug-likeness (QED) is 0.715. The number of nitrogens with zero attached hydrogens (tertiary/aromatic N) is 4. The Hall–Kier alpha value is -1.66. The number of carbonyl (C=O) groups is 1. The van der Waals surface area contributed by atoms with Crippen LogP contribution in [0.15, 0.2) is 24.8 Å². The lowest BCUT2D eigenvalue weighted by atomic mass is 10.2. The Balaban J connectivity index is 2.25. The van der Waals surface area contributed by atoms with Gasteiger partial charge in [-0.1, -0.05) is 25.2 Å². The second kappa shape index (κ2) is 8.26. The summed E-state index contributed by atoms with van der Waals surface area (Å²) in [6.07, 6.45) is 7.73. The van der Waals surface area contributed by atoms with Gasteiger partial charge >= 0.3 is 6.03 Å². The van der Waals surface area contributed by atoms with Crippen LogP contribution in [0.25, 0.3) is 0 Å². The molecule has 0 bridgehead atoms. The molecule has 0 spiro atoms. The van der Waals surface area contributed by atoms with E-state index in [0.717, 1.165) is 35.6 Å². The van der Waals surface area contributed by atoms with Crippen LogP contribution in [0.5, 0.6) is 0 Å². The third kappa shape index (κ3) is 4.00. The van der Waals surface area contributed by atoms with Crippen LogP contribution >= 0.6 is 11.5 Å². The Morgan fingerprint density at radius 2 is 2.17 bits per heavy atom. The third-order valence-electron chi connectivity index (χ3n) is 4.00. The van der Waals surface area contributed by atoms with Crippen LogP contribution in [0, 0.1) is 6.92 Å². The molecular weight excluding hydrogens is 308 g/mol. The van der Waals surface area contributed by atoms with E-state index in [-0.39, 0.29) is 6.03 Å². The van der Waals surface area contributed by atoms with E-state index in [9.17, 15) is 4.79 Å². The zero-order valence-corrected chi connectivity index (χ0v) is 15.1. The van der Waals surface area contributed by atoms with Gasteiger partial charge < -0.3 is 4.90 Å². The second-order valence-corrected chi connectivity index (χ2v) is 6.42. The lowest BCUT2D eigenvalue weighted by Gasteiger charge is -2.41. The van der Waals surface area contributed by atoms with Crippen molar-refractivity contribution < 1.29 is 4.79 Å². The highest BCUT2D eigenvalue weighted by atomic mass is 32.1. The number of aryl methyl sites for hydroxylation is 1. The van der Waals surface area contributed by atoms with Crippen molar-refractivity contribution in [2.45, 2.75) is 33.6 Å². The van der Waals surface area contributed by atoms with Crippen molar-refractivity contribution in [3.05, 3.63) is 36.1 Å². The summed E-state index contributed by atoms with van der Waals surface area (Å²) in [6, 6.07) is 0.0624. The molecule has 1 aromatic rings. The predicted octanol–water partition coefficient (Wildman–Crippen LogP) is 3.63. The largest absolute Gasteiger partial charge is 0.327 e. The number of carbonyl (C=O) groups excluding carboxylic acids is 1. The molecule has 23 heavy (non-hydrogen) atoms. The molecule has 2 rings (SSSR count). The Morgan fingerprint density at radius 3 is 2.78 bits per heavy atom. The normalized spacial score (nSPS) is 16.6. The summed E-state index contributed by atoms with van der Waals surface area (Å²) >= 11 is 1.43. The van der Waals surface area contributed by atoms with Crippen molar-refractivity contribution in [3.8, 4) is 0 Å². The maximum Gasteiger partial charge on any atom is 0.327 e. The Bertz CT molecular complexity index is 581. The molecule has 2 heterocycles. The molecule has 0 aliphatic carbocycles. The molecule has 6 heteroatoms. The molecule has 0 N–H and O–H groups in total. The van der Waals surface area contributed by atoms with Crippen LogP contribution in [-0.2, 0) is 6.42 Å². The first kappa shape index (κ1) is 17.7. The first-order chi connectivity index (χ1) is 11.1. The molecule has 0 aromatic carbocycles. The standard InChI is InChI=1S/C17H26N4OS/c1-5-8-10-19-12-20(11-9-6-2)17(22)21(13-19)16-14(4)15(7-3)18-23-16/h5-6,9H,1,7-8,10-13H2,2-4H3/b9-6+. The average Bonchev–Trinajstić information content (AvgIpc) is 2.93. The molecular formula is C17H26N4OS. The van der Waals surface area contributed by atoms with Gasteiger partial charge in [-0.3, -0.25) is 9.80 Å². The van der Waals surface area contributed by atoms with Crippen molar-refractivity contribution in [1.82, 2.24) is 14.2 Å². The monoisotopic (exact) mass is 334 g/mol. The highest BCUT2D eigenvalue weighted by molar-refractivity contribution is 7.10. The molecule has 0 radical (unpaired) electrons. The minimum absolute atomic E-state index is 0.0624. The van der Waals surface area contributed by atoms with E-state index < -0.39 is 0 Å². The van der Waals surface area contributed by atoms with Gasteiger partial charge in [0.1, 0.15) is 5.00 Å². The summed E-state index contributed by atoms with van der Waals surface area (Å²) in [5.74, 6) is 0. The van der Waals surface area contributed by atoms with Crippen LogP contribution in [0.2, 0.25) is 0 Å². The SMILES string of the molecule is C=CCCN1CN(C/C=C/C)C(=O)N(c2snc(CC)c2C)C1. The summed E-state index contributed by atoms with van der Waals surface area (Å²) < 4.78 is 4.50. The summed E-state index contributed by atoms with van der Waals surface area (Å²) in [5, 5.41) is 0.973. The number of allylic oxidation sites excluding steroid dienone is 1. The smallest absolute Gasteiger partial charge is 0.308 e. The number of anilines is 1. The topological polar surface area (TPSA) is 39.7 Å². The number of hydrogen-bond donors (Lipinski definition) is 0. The van der Waals surface area contributed by atoms with E-state index in [1.165, 1.54) is 11.5 Å². The summed E-state index contributed by atoms with van der Waals surface area (Å²) in [5.41, 5.74) is 2.21. The molecule has 0 atom stereocenters. The first-order valence-corrected chi connectivity index (χ1v) is 8.85. The van der Waals surface area contributed by atoms with E-state index in [1.807, 2.05) is 35.0 Å². The fraction of sp³-hybridized carbons (Fsp3) is 0.529. The summed E-state index contributed by atoms with van der Waals surface area (Å²) in [6.45, 7) is 12.7.